The highest BCUT2D eigenvalue weighted by atomic mass is 19.4. The number of rotatable bonds is 2. The molecule has 46 heavy (non-hydrogen) atoms. The zero-order valence-electron chi connectivity index (χ0n) is 24.5. The number of carbonyl (C=O) groups is 1. The molecule has 4 aromatic rings. The number of para-hydroxylation sites is 1. The van der Waals surface area contributed by atoms with Crippen molar-refractivity contribution >= 4 is 28.4 Å². The molecule has 4 nitrogen and oxygen atoms in total. The molecule has 2 heterocycles. The van der Waals surface area contributed by atoms with Gasteiger partial charge < -0.3 is 14.9 Å². The van der Waals surface area contributed by atoms with Gasteiger partial charge in [-0.3, -0.25) is 4.79 Å². The molecule has 3 atom stereocenters. The van der Waals surface area contributed by atoms with E-state index in [1.807, 2.05) is 0 Å². The van der Waals surface area contributed by atoms with Gasteiger partial charge in [0.2, 0.25) is 0 Å². The van der Waals surface area contributed by atoms with Gasteiger partial charge in [-0.1, -0.05) is 72.8 Å². The average molecular weight is 633 g/mol. The molecular weight excluding hydrogens is 606 g/mol. The molecule has 234 valence electrons. The lowest BCUT2D eigenvalue weighted by Gasteiger charge is -2.44. The smallest absolute Gasteiger partial charge is 0.383 e. The number of aliphatic hydroxyl groups excluding tert-OH is 1. The van der Waals surface area contributed by atoms with Gasteiger partial charge in [-0.15, -0.1) is 0 Å². The molecule has 0 aromatic heterocycles. The van der Waals surface area contributed by atoms with Gasteiger partial charge in [-0.25, -0.2) is 0 Å². The van der Waals surface area contributed by atoms with Crippen LogP contribution >= 0.6 is 0 Å². The fourth-order valence-corrected chi connectivity index (χ4v) is 7.14. The Morgan fingerprint density at radius 1 is 0.696 bits per heavy atom. The molecular formula is C36H26F6N2O2. The van der Waals surface area contributed by atoms with Crippen LogP contribution in [0.25, 0.3) is 16.7 Å². The molecule has 2 aliphatic heterocycles. The molecule has 0 amide bonds. The lowest BCUT2D eigenvalue weighted by Crippen LogP contribution is -2.47. The molecule has 4 aromatic carbocycles. The molecule has 10 heteroatoms. The van der Waals surface area contributed by atoms with Crippen LogP contribution in [0, 0.1) is 5.92 Å². The topological polar surface area (TPSA) is 43.8 Å². The normalized spacial score (nSPS) is 20.5. The maximum atomic E-state index is 14.1. The van der Waals surface area contributed by atoms with E-state index in [2.05, 4.69) is 0 Å². The summed E-state index contributed by atoms with van der Waals surface area (Å²) in [5, 5.41) is 11.7. The standard InChI is InChI=1S/C36H26F6N2O2/c1-43-29-17-26-30(44(2)32-22(12-8-14-24(32)34(26)46)20-10-4-6-16-28(20)36(40,41)42)18-25(29)33(45)23-13-7-11-21(31(23)43)19-9-3-5-15-27(19)35(37,38)39/h3-18,23,31,34,46H,1-2H3. The van der Waals surface area contributed by atoms with Gasteiger partial charge in [-0.05, 0) is 41.0 Å². The van der Waals surface area contributed by atoms with Crippen molar-refractivity contribution in [1.29, 1.82) is 0 Å². The van der Waals surface area contributed by atoms with Crippen molar-refractivity contribution in [3.8, 4) is 11.1 Å². The number of nitrogens with zero attached hydrogens (tertiary/aromatic N) is 2. The molecule has 1 aliphatic carbocycles. The average Bonchev–Trinajstić information content (AvgIpc) is 3.04. The number of anilines is 3. The number of halogens is 6. The molecule has 0 spiro atoms. The summed E-state index contributed by atoms with van der Waals surface area (Å²) in [7, 11) is 3.38. The minimum atomic E-state index is -4.61. The monoisotopic (exact) mass is 632 g/mol. The Kier molecular flexibility index (Phi) is 6.72. The summed E-state index contributed by atoms with van der Waals surface area (Å²) in [6.45, 7) is 0. The molecule has 3 unspecified atom stereocenters. The summed E-state index contributed by atoms with van der Waals surface area (Å²) < 4.78 is 84.2. The van der Waals surface area contributed by atoms with Crippen molar-refractivity contribution in [2.45, 2.75) is 24.5 Å². The Bertz CT molecular complexity index is 1980. The van der Waals surface area contributed by atoms with E-state index >= 15 is 0 Å². The van der Waals surface area contributed by atoms with Crippen LogP contribution in [0.15, 0.2) is 97.1 Å². The first-order valence-corrected chi connectivity index (χ1v) is 14.5. The zero-order valence-corrected chi connectivity index (χ0v) is 24.5. The number of benzene rings is 4. The highest BCUT2D eigenvalue weighted by Gasteiger charge is 2.45. The predicted octanol–water partition coefficient (Wildman–Crippen LogP) is 8.82. The largest absolute Gasteiger partial charge is 0.417 e. The third-order valence-corrected chi connectivity index (χ3v) is 9.18. The van der Waals surface area contributed by atoms with E-state index < -0.39 is 41.5 Å². The lowest BCUT2D eigenvalue weighted by molar-refractivity contribution is -0.138. The van der Waals surface area contributed by atoms with Crippen molar-refractivity contribution in [2.75, 3.05) is 23.9 Å². The molecule has 3 aliphatic rings. The Hall–Kier alpha value is -4.83. The van der Waals surface area contributed by atoms with E-state index in [-0.39, 0.29) is 22.5 Å². The minimum Gasteiger partial charge on any atom is -0.383 e. The summed E-state index contributed by atoms with van der Waals surface area (Å²) in [5.74, 6) is -1.10. The summed E-state index contributed by atoms with van der Waals surface area (Å²) in [6.07, 6.45) is -5.61. The van der Waals surface area contributed by atoms with Crippen LogP contribution in [0.4, 0.5) is 43.4 Å². The van der Waals surface area contributed by atoms with Gasteiger partial charge in [0.05, 0.1) is 28.8 Å². The Morgan fingerprint density at radius 3 is 1.98 bits per heavy atom. The Morgan fingerprint density at radius 2 is 1.30 bits per heavy atom. The zero-order chi connectivity index (χ0) is 32.7. The van der Waals surface area contributed by atoms with Gasteiger partial charge in [-0.2, -0.15) is 26.3 Å². The van der Waals surface area contributed by atoms with Crippen LogP contribution in [-0.2, 0) is 12.4 Å². The van der Waals surface area contributed by atoms with E-state index in [4.69, 9.17) is 0 Å². The molecule has 0 saturated heterocycles. The van der Waals surface area contributed by atoms with E-state index in [0.29, 0.717) is 39.3 Å². The maximum absolute atomic E-state index is 14.1. The number of allylic oxidation sites excluding steroid dienone is 2. The summed E-state index contributed by atoms with van der Waals surface area (Å²) in [6, 6.07) is 17.8. The van der Waals surface area contributed by atoms with Gasteiger partial charge >= 0.3 is 12.4 Å². The molecule has 0 radical (unpaired) electrons. The van der Waals surface area contributed by atoms with Crippen molar-refractivity contribution in [1.82, 2.24) is 0 Å². The number of hydrogen-bond donors (Lipinski definition) is 1. The van der Waals surface area contributed by atoms with E-state index in [0.717, 1.165) is 12.1 Å². The van der Waals surface area contributed by atoms with E-state index in [1.165, 1.54) is 36.4 Å². The SMILES string of the molecule is CN1c2cc3c(cc2C(O)c2cccc(-c4ccccc4C(F)(F)F)c21)N(C)C1C(c2ccccc2C(F)(F)F)=CC=CC1C3=O. The third kappa shape index (κ3) is 4.46. The van der Waals surface area contributed by atoms with Crippen LogP contribution in [0.5, 0.6) is 0 Å². The molecule has 0 bridgehead atoms. The fourth-order valence-electron chi connectivity index (χ4n) is 7.14. The summed E-state index contributed by atoms with van der Waals surface area (Å²) in [4.78, 5) is 17.5. The summed E-state index contributed by atoms with van der Waals surface area (Å²) in [5.41, 5.74) is 1.28. The number of hydrogen-bond acceptors (Lipinski definition) is 4. The number of alkyl halides is 6. The van der Waals surface area contributed by atoms with Crippen molar-refractivity contribution in [3.63, 3.8) is 0 Å². The second-order valence-corrected chi connectivity index (χ2v) is 11.7. The first-order chi connectivity index (χ1) is 21.8. The van der Waals surface area contributed by atoms with Crippen molar-refractivity contribution in [2.24, 2.45) is 5.92 Å². The first kappa shape index (κ1) is 29.9. The number of carbonyl (C=O) groups excluding carboxylic acids is 1. The van der Waals surface area contributed by atoms with Gasteiger partial charge in [0, 0.05) is 47.7 Å². The Labute approximate surface area is 260 Å². The molecule has 7 rings (SSSR count). The van der Waals surface area contributed by atoms with Crippen molar-refractivity contribution in [3.05, 3.63) is 130 Å². The number of aliphatic hydroxyl groups is 1. The molecule has 0 fully saturated rings. The Balaban J connectivity index is 1.36. The minimum absolute atomic E-state index is 0.0178. The van der Waals surface area contributed by atoms with Crippen LogP contribution in [-0.4, -0.2) is 31.0 Å². The third-order valence-electron chi connectivity index (χ3n) is 9.18. The lowest BCUT2D eigenvalue weighted by atomic mass is 9.75. The van der Waals surface area contributed by atoms with Crippen LogP contribution in [0.2, 0.25) is 0 Å². The number of likely N-dealkylation sites (N-methyl/N-ethyl adjacent to an activating group) is 1. The molecule has 1 N–H and O–H groups in total. The van der Waals surface area contributed by atoms with Crippen LogP contribution in [0.1, 0.15) is 44.3 Å². The van der Waals surface area contributed by atoms with Crippen molar-refractivity contribution < 1.29 is 36.2 Å². The number of Topliss-reactive ketones (excluding diaryl/α,β-unsaturated/α-hetero) is 1. The van der Waals surface area contributed by atoms with Gasteiger partial charge in [0.15, 0.2) is 5.78 Å². The highest BCUT2D eigenvalue weighted by molar-refractivity contribution is 6.10. The fraction of sp³-hybridized carbons (Fsp3) is 0.194. The second-order valence-electron chi connectivity index (χ2n) is 11.7. The molecule has 0 saturated carbocycles. The maximum Gasteiger partial charge on any atom is 0.417 e. The quantitative estimate of drug-likeness (QED) is 0.224. The van der Waals surface area contributed by atoms with E-state index in [9.17, 15) is 36.2 Å². The number of ketones is 1. The summed E-state index contributed by atoms with van der Waals surface area (Å²) >= 11 is 0. The van der Waals surface area contributed by atoms with Gasteiger partial charge in [0.25, 0.3) is 0 Å². The van der Waals surface area contributed by atoms with Crippen LogP contribution < -0.4 is 9.80 Å². The van der Waals surface area contributed by atoms with Crippen LogP contribution in [0.3, 0.4) is 0 Å². The highest BCUT2D eigenvalue weighted by Crippen LogP contribution is 2.53. The first-order valence-electron chi connectivity index (χ1n) is 14.5. The van der Waals surface area contributed by atoms with E-state index in [1.54, 1.807) is 72.5 Å². The van der Waals surface area contributed by atoms with Gasteiger partial charge in [0.1, 0.15) is 6.10 Å². The predicted molar refractivity (Wildman–Crippen MR) is 164 cm³/mol. The second kappa shape index (κ2) is 10.3. The number of fused-ring (bicyclic) bond motifs is 4.